The molecular weight excluding hydrogens is 406 g/mol. The van der Waals surface area contributed by atoms with Crippen LogP contribution in [0.3, 0.4) is 0 Å². The van der Waals surface area contributed by atoms with Crippen molar-refractivity contribution in [3.63, 3.8) is 0 Å². The first-order valence-corrected chi connectivity index (χ1v) is 8.75. The van der Waals surface area contributed by atoms with E-state index in [2.05, 4.69) is 21.2 Å². The van der Waals surface area contributed by atoms with Crippen LogP contribution >= 0.6 is 39.0 Å². The molecule has 0 unspecified atom stereocenters. The second-order valence-electron chi connectivity index (χ2n) is 4.21. The van der Waals surface area contributed by atoms with E-state index in [0.29, 0.717) is 22.3 Å². The van der Waals surface area contributed by atoms with Gasteiger partial charge in [-0.15, -0.1) is 11.3 Å². The number of nitriles is 1. The first kappa shape index (κ1) is 17.7. The van der Waals surface area contributed by atoms with Crippen molar-refractivity contribution in [3.05, 3.63) is 50.6 Å². The predicted octanol–water partition coefficient (Wildman–Crippen LogP) is 5.37. The summed E-state index contributed by atoms with van der Waals surface area (Å²) in [7, 11) is 0. The van der Waals surface area contributed by atoms with Crippen LogP contribution in [0.5, 0.6) is 0 Å². The van der Waals surface area contributed by atoms with Gasteiger partial charge in [-0.05, 0) is 63.3 Å². The minimum atomic E-state index is -2.49. The van der Waals surface area contributed by atoms with Crippen molar-refractivity contribution < 1.29 is 13.6 Å². The van der Waals surface area contributed by atoms with Crippen LogP contribution in [0.1, 0.15) is 5.56 Å². The number of carbonyl (C=O) groups excluding carboxylic acids is 1. The van der Waals surface area contributed by atoms with Gasteiger partial charge in [0, 0.05) is 10.6 Å². The number of thioether (sulfide) groups is 1. The van der Waals surface area contributed by atoms with E-state index >= 15 is 0 Å². The summed E-state index contributed by atoms with van der Waals surface area (Å²) in [6.45, 7) is 0. The average Bonchev–Trinajstić information content (AvgIpc) is 2.91. The molecule has 1 aromatic carbocycles. The number of anilines is 1. The molecule has 1 N–H and O–H groups in total. The molecule has 23 heavy (non-hydrogen) atoms. The number of halogens is 3. The maximum Gasteiger partial charge on any atom is 0.288 e. The normalized spacial score (nSPS) is 11.3. The number of nitrogens with one attached hydrogen (secondary N) is 1. The highest BCUT2D eigenvalue weighted by atomic mass is 79.9. The lowest BCUT2D eigenvalue weighted by Gasteiger charge is -2.05. The van der Waals surface area contributed by atoms with Gasteiger partial charge in [-0.3, -0.25) is 4.79 Å². The molecule has 0 radical (unpaired) electrons. The Morgan fingerprint density at radius 3 is 2.61 bits per heavy atom. The predicted molar refractivity (Wildman–Crippen MR) is 92.5 cm³/mol. The lowest BCUT2D eigenvalue weighted by molar-refractivity contribution is -0.112. The zero-order chi connectivity index (χ0) is 16.8. The Kier molecular flexibility index (Phi) is 6.33. The molecule has 0 aliphatic heterocycles. The number of thiophene rings is 1. The molecule has 0 bridgehead atoms. The van der Waals surface area contributed by atoms with Gasteiger partial charge in [-0.2, -0.15) is 14.0 Å². The number of hydrogen-bond donors (Lipinski definition) is 1. The van der Waals surface area contributed by atoms with Crippen LogP contribution in [0.4, 0.5) is 14.5 Å². The highest BCUT2D eigenvalue weighted by Crippen LogP contribution is 2.26. The zero-order valence-corrected chi connectivity index (χ0v) is 14.6. The van der Waals surface area contributed by atoms with E-state index in [1.807, 2.05) is 11.4 Å². The SMILES string of the molecule is N#C/C(=C/c1csc(Br)c1)C(=O)Nc1ccc(SC(F)F)cc1. The Balaban J connectivity index is 2.08. The molecule has 0 spiro atoms. The molecule has 0 atom stereocenters. The standard InChI is InChI=1S/C15H9BrF2N2OS2/c16-13-6-9(8-22-13)5-10(7-19)14(21)20-11-1-3-12(4-2-11)23-15(17)18/h1-6,8,15H,(H,20,21)/b10-5-. The van der Waals surface area contributed by atoms with Gasteiger partial charge in [0.1, 0.15) is 11.6 Å². The van der Waals surface area contributed by atoms with Crippen molar-refractivity contribution in [2.75, 3.05) is 5.32 Å². The van der Waals surface area contributed by atoms with Crippen LogP contribution in [0.15, 0.2) is 50.0 Å². The van der Waals surface area contributed by atoms with Gasteiger partial charge < -0.3 is 5.32 Å². The highest BCUT2D eigenvalue weighted by molar-refractivity contribution is 9.11. The lowest BCUT2D eigenvalue weighted by atomic mass is 10.2. The minimum Gasteiger partial charge on any atom is -0.321 e. The molecule has 2 rings (SSSR count). The van der Waals surface area contributed by atoms with Crippen molar-refractivity contribution in [1.29, 1.82) is 5.26 Å². The van der Waals surface area contributed by atoms with Crippen LogP contribution in [0.2, 0.25) is 0 Å². The molecule has 1 aromatic heterocycles. The third-order valence-electron chi connectivity index (χ3n) is 2.60. The molecule has 118 valence electrons. The molecule has 0 saturated heterocycles. The van der Waals surface area contributed by atoms with Gasteiger partial charge >= 0.3 is 0 Å². The summed E-state index contributed by atoms with van der Waals surface area (Å²) in [5.74, 6) is -3.04. The first-order valence-electron chi connectivity index (χ1n) is 6.20. The number of amides is 1. The fraction of sp³-hybridized carbons (Fsp3) is 0.0667. The van der Waals surface area contributed by atoms with E-state index in [4.69, 9.17) is 5.26 Å². The molecule has 3 nitrogen and oxygen atoms in total. The minimum absolute atomic E-state index is 0.0404. The molecule has 0 fully saturated rings. The van der Waals surface area contributed by atoms with Crippen LogP contribution in [0, 0.1) is 11.3 Å². The third kappa shape index (κ3) is 5.46. The second kappa shape index (κ2) is 8.24. The van der Waals surface area contributed by atoms with Gasteiger partial charge in [0.25, 0.3) is 11.7 Å². The van der Waals surface area contributed by atoms with Crippen molar-refractivity contribution in [2.45, 2.75) is 10.7 Å². The highest BCUT2D eigenvalue weighted by Gasteiger charge is 2.11. The van der Waals surface area contributed by atoms with Crippen LogP contribution in [-0.4, -0.2) is 11.7 Å². The molecule has 1 amide bonds. The molecule has 0 aliphatic rings. The van der Waals surface area contributed by atoms with E-state index in [9.17, 15) is 13.6 Å². The van der Waals surface area contributed by atoms with E-state index in [0.717, 1.165) is 9.35 Å². The van der Waals surface area contributed by atoms with Crippen LogP contribution < -0.4 is 5.32 Å². The van der Waals surface area contributed by atoms with Gasteiger partial charge in [0.15, 0.2) is 0 Å². The van der Waals surface area contributed by atoms with Crippen LogP contribution in [-0.2, 0) is 4.79 Å². The molecule has 1 heterocycles. The van der Waals surface area contributed by atoms with Gasteiger partial charge in [0.05, 0.1) is 3.79 Å². The summed E-state index contributed by atoms with van der Waals surface area (Å²) >= 11 is 5.18. The average molecular weight is 415 g/mol. The number of nitrogens with zero attached hydrogens (tertiary/aromatic N) is 1. The molecular formula is C15H9BrF2N2OS2. The topological polar surface area (TPSA) is 52.9 Å². The van der Waals surface area contributed by atoms with Crippen LogP contribution in [0.25, 0.3) is 6.08 Å². The maximum absolute atomic E-state index is 12.2. The Labute approximate surface area is 148 Å². The molecule has 0 aliphatic carbocycles. The van der Waals surface area contributed by atoms with E-state index < -0.39 is 11.7 Å². The maximum atomic E-state index is 12.2. The van der Waals surface area contributed by atoms with Crippen molar-refractivity contribution in [2.24, 2.45) is 0 Å². The van der Waals surface area contributed by atoms with Crippen molar-refractivity contribution in [3.8, 4) is 6.07 Å². The Hall–Kier alpha value is -1.69. The summed E-state index contributed by atoms with van der Waals surface area (Å²) in [6, 6.07) is 9.64. The van der Waals surface area contributed by atoms with Gasteiger partial charge in [-0.1, -0.05) is 11.8 Å². The largest absolute Gasteiger partial charge is 0.321 e. The summed E-state index contributed by atoms with van der Waals surface area (Å²) in [4.78, 5) is 12.5. The summed E-state index contributed by atoms with van der Waals surface area (Å²) < 4.78 is 25.4. The molecule has 2 aromatic rings. The molecule has 8 heteroatoms. The number of rotatable bonds is 5. The smallest absolute Gasteiger partial charge is 0.288 e. The number of benzene rings is 1. The Morgan fingerprint density at radius 2 is 2.09 bits per heavy atom. The summed E-state index contributed by atoms with van der Waals surface area (Å²) in [5.41, 5.74) is 1.14. The summed E-state index contributed by atoms with van der Waals surface area (Å²) in [5, 5.41) is 13.5. The fourth-order valence-corrected chi connectivity index (χ4v) is 3.27. The van der Waals surface area contributed by atoms with E-state index in [1.165, 1.54) is 41.7 Å². The zero-order valence-electron chi connectivity index (χ0n) is 11.4. The van der Waals surface area contributed by atoms with E-state index in [1.54, 1.807) is 6.07 Å². The Morgan fingerprint density at radius 1 is 1.39 bits per heavy atom. The van der Waals surface area contributed by atoms with Gasteiger partial charge in [0.2, 0.25) is 0 Å². The van der Waals surface area contributed by atoms with E-state index in [-0.39, 0.29) is 5.57 Å². The number of alkyl halides is 2. The third-order valence-corrected chi connectivity index (χ3v) is 4.85. The second-order valence-corrected chi connectivity index (χ2v) is 7.56. The van der Waals surface area contributed by atoms with Gasteiger partial charge in [-0.25, -0.2) is 0 Å². The van der Waals surface area contributed by atoms with Crippen molar-refractivity contribution in [1.82, 2.24) is 0 Å². The lowest BCUT2D eigenvalue weighted by Crippen LogP contribution is -2.13. The fourth-order valence-electron chi connectivity index (χ4n) is 1.63. The number of hydrogen-bond acceptors (Lipinski definition) is 4. The quantitative estimate of drug-likeness (QED) is 0.406. The first-order chi connectivity index (χ1) is 11.0. The molecule has 0 saturated carbocycles. The Bertz CT molecular complexity index is 767. The monoisotopic (exact) mass is 414 g/mol. The number of carbonyl (C=O) groups is 1. The summed E-state index contributed by atoms with van der Waals surface area (Å²) in [6.07, 6.45) is 1.48. The van der Waals surface area contributed by atoms with Crippen molar-refractivity contribution >= 4 is 56.7 Å².